The number of amides is 1. The topological polar surface area (TPSA) is 77.1 Å². The van der Waals surface area contributed by atoms with E-state index in [4.69, 9.17) is 16.0 Å². The monoisotopic (exact) mass is 363 g/mol. The number of nitrogens with zero attached hydrogens (tertiary/aromatic N) is 2. The van der Waals surface area contributed by atoms with Gasteiger partial charge in [0.05, 0.1) is 15.6 Å². The normalized spacial score (nSPS) is 10.8. The van der Waals surface area contributed by atoms with Crippen molar-refractivity contribution in [1.29, 1.82) is 0 Å². The van der Waals surface area contributed by atoms with Crippen LogP contribution in [0.5, 0.6) is 0 Å². The molecule has 0 bridgehead atoms. The van der Waals surface area contributed by atoms with Gasteiger partial charge in [0.1, 0.15) is 6.54 Å². The summed E-state index contributed by atoms with van der Waals surface area (Å²) >= 11 is 7.57. The Labute approximate surface area is 146 Å². The van der Waals surface area contributed by atoms with Crippen molar-refractivity contribution in [1.82, 2.24) is 9.78 Å². The number of carbonyl (C=O) groups excluding carboxylic acids is 1. The molecule has 3 aromatic rings. The van der Waals surface area contributed by atoms with Crippen molar-refractivity contribution < 1.29 is 9.21 Å². The molecule has 0 spiro atoms. The number of benzene rings is 1. The van der Waals surface area contributed by atoms with Crippen LogP contribution >= 0.6 is 22.9 Å². The molecule has 3 rings (SSSR count). The fraction of sp³-hybridized carbons (Fsp3) is 0.188. The van der Waals surface area contributed by atoms with Crippen LogP contribution in [-0.2, 0) is 11.3 Å². The molecule has 2 aromatic heterocycles. The number of halogens is 1. The Hall–Kier alpha value is -2.38. The summed E-state index contributed by atoms with van der Waals surface area (Å²) in [6.07, 6.45) is 0. The number of carbonyl (C=O) groups is 1. The molecule has 1 N–H and O–H groups in total. The second-order valence-electron chi connectivity index (χ2n) is 5.29. The van der Waals surface area contributed by atoms with E-state index in [1.807, 2.05) is 31.4 Å². The number of nitrogens with one attached hydrogen (secondary N) is 1. The Bertz CT molecular complexity index is 921. The van der Waals surface area contributed by atoms with Gasteiger partial charge in [-0.15, -0.1) is 16.4 Å². The van der Waals surface area contributed by atoms with Crippen LogP contribution in [0.4, 0.5) is 5.69 Å². The van der Waals surface area contributed by atoms with Crippen LogP contribution in [0.2, 0.25) is 5.02 Å². The number of anilines is 1. The van der Waals surface area contributed by atoms with Gasteiger partial charge in [0.2, 0.25) is 5.91 Å². The van der Waals surface area contributed by atoms with Gasteiger partial charge in [0, 0.05) is 0 Å². The lowest BCUT2D eigenvalue weighted by Crippen LogP contribution is -2.26. The molecule has 0 unspecified atom stereocenters. The number of thiophene rings is 1. The standard InChI is InChI=1S/C16H14ClN3O3S/c1-9-6-10(2)14(11(17)7-9)18-13(21)8-20-16(22)23-15(19-20)12-4-3-5-24-12/h3-7H,8H2,1-2H3,(H,18,21). The van der Waals surface area contributed by atoms with Crippen molar-refractivity contribution >= 4 is 34.5 Å². The summed E-state index contributed by atoms with van der Waals surface area (Å²) in [5.74, 6) is -0.885. The second kappa shape index (κ2) is 6.62. The molecule has 0 fully saturated rings. The highest BCUT2D eigenvalue weighted by molar-refractivity contribution is 7.13. The van der Waals surface area contributed by atoms with E-state index >= 15 is 0 Å². The Morgan fingerprint density at radius 3 is 2.88 bits per heavy atom. The molecule has 2 heterocycles. The van der Waals surface area contributed by atoms with Gasteiger partial charge >= 0.3 is 5.76 Å². The number of hydrogen-bond acceptors (Lipinski definition) is 5. The van der Waals surface area contributed by atoms with Crippen molar-refractivity contribution in [2.75, 3.05) is 5.32 Å². The van der Waals surface area contributed by atoms with Crippen LogP contribution in [0.15, 0.2) is 38.9 Å². The van der Waals surface area contributed by atoms with Crippen molar-refractivity contribution in [3.63, 3.8) is 0 Å². The molecule has 0 saturated heterocycles. The third-order valence-corrected chi connectivity index (χ3v) is 4.48. The quantitative estimate of drug-likeness (QED) is 0.769. The van der Waals surface area contributed by atoms with Gasteiger partial charge in [-0.1, -0.05) is 23.7 Å². The molecule has 24 heavy (non-hydrogen) atoms. The zero-order valence-electron chi connectivity index (χ0n) is 13.0. The molecule has 1 amide bonds. The summed E-state index contributed by atoms with van der Waals surface area (Å²) < 4.78 is 6.06. The first-order valence-electron chi connectivity index (χ1n) is 7.12. The van der Waals surface area contributed by atoms with Crippen molar-refractivity contribution in [2.45, 2.75) is 20.4 Å². The summed E-state index contributed by atoms with van der Waals surface area (Å²) in [5.41, 5.74) is 2.38. The van der Waals surface area contributed by atoms with Crippen LogP contribution in [0.3, 0.4) is 0 Å². The lowest BCUT2D eigenvalue weighted by atomic mass is 10.1. The lowest BCUT2D eigenvalue weighted by Gasteiger charge is -2.11. The van der Waals surface area contributed by atoms with Crippen molar-refractivity contribution in [2.24, 2.45) is 0 Å². The molecule has 0 aliphatic heterocycles. The average Bonchev–Trinajstić information content (AvgIpc) is 3.13. The zero-order chi connectivity index (χ0) is 17.3. The Morgan fingerprint density at radius 2 is 2.21 bits per heavy atom. The fourth-order valence-corrected chi connectivity index (χ4v) is 3.31. The van der Waals surface area contributed by atoms with E-state index in [2.05, 4.69) is 10.4 Å². The van der Waals surface area contributed by atoms with E-state index < -0.39 is 11.7 Å². The molecule has 1 aromatic carbocycles. The van der Waals surface area contributed by atoms with Crippen LogP contribution in [0, 0.1) is 13.8 Å². The number of hydrogen-bond donors (Lipinski definition) is 1. The number of aryl methyl sites for hydroxylation is 2. The highest BCUT2D eigenvalue weighted by Gasteiger charge is 2.15. The average molecular weight is 364 g/mol. The van der Waals surface area contributed by atoms with Crippen LogP contribution < -0.4 is 11.1 Å². The molecular weight excluding hydrogens is 350 g/mol. The van der Waals surface area contributed by atoms with E-state index in [0.717, 1.165) is 20.7 Å². The molecule has 0 aliphatic rings. The maximum atomic E-state index is 12.2. The summed E-state index contributed by atoms with van der Waals surface area (Å²) in [6.45, 7) is 3.52. The Morgan fingerprint density at radius 1 is 1.42 bits per heavy atom. The molecule has 0 aliphatic carbocycles. The van der Waals surface area contributed by atoms with Gasteiger partial charge < -0.3 is 9.73 Å². The Balaban J connectivity index is 1.78. The van der Waals surface area contributed by atoms with Gasteiger partial charge in [0.15, 0.2) is 0 Å². The SMILES string of the molecule is Cc1cc(C)c(NC(=O)Cn2nc(-c3cccs3)oc2=O)c(Cl)c1. The smallest absolute Gasteiger partial charge is 0.387 e. The van der Waals surface area contributed by atoms with E-state index in [9.17, 15) is 9.59 Å². The minimum Gasteiger partial charge on any atom is -0.387 e. The van der Waals surface area contributed by atoms with E-state index in [0.29, 0.717) is 10.7 Å². The molecule has 6 nitrogen and oxygen atoms in total. The lowest BCUT2D eigenvalue weighted by molar-refractivity contribution is -0.117. The van der Waals surface area contributed by atoms with Crippen molar-refractivity contribution in [3.05, 3.63) is 56.3 Å². The molecule has 8 heteroatoms. The third-order valence-electron chi connectivity index (χ3n) is 3.33. The fourth-order valence-electron chi connectivity index (χ4n) is 2.30. The highest BCUT2D eigenvalue weighted by atomic mass is 35.5. The van der Waals surface area contributed by atoms with Gasteiger partial charge in [-0.2, -0.15) is 4.68 Å². The molecule has 124 valence electrons. The van der Waals surface area contributed by atoms with Gasteiger partial charge in [-0.05, 0) is 42.5 Å². The van der Waals surface area contributed by atoms with Crippen LogP contribution in [0.1, 0.15) is 11.1 Å². The van der Waals surface area contributed by atoms with Crippen molar-refractivity contribution in [3.8, 4) is 10.8 Å². The maximum absolute atomic E-state index is 12.2. The summed E-state index contributed by atoms with van der Waals surface area (Å²) in [5, 5.41) is 9.06. The first-order valence-corrected chi connectivity index (χ1v) is 8.38. The summed E-state index contributed by atoms with van der Waals surface area (Å²) in [7, 11) is 0. The molecule has 0 radical (unpaired) electrons. The van der Waals surface area contributed by atoms with Gasteiger partial charge in [0.25, 0.3) is 5.89 Å². The maximum Gasteiger partial charge on any atom is 0.437 e. The number of rotatable bonds is 4. The molecule has 0 saturated carbocycles. The van der Waals surface area contributed by atoms with Gasteiger partial charge in [-0.3, -0.25) is 4.79 Å². The largest absolute Gasteiger partial charge is 0.437 e. The number of aromatic nitrogens is 2. The zero-order valence-corrected chi connectivity index (χ0v) is 14.6. The second-order valence-corrected chi connectivity index (χ2v) is 6.65. The summed E-state index contributed by atoms with van der Waals surface area (Å²) in [4.78, 5) is 24.8. The Kier molecular flexibility index (Phi) is 4.55. The first-order chi connectivity index (χ1) is 11.4. The van der Waals surface area contributed by atoms with E-state index in [1.54, 1.807) is 12.1 Å². The van der Waals surface area contributed by atoms with Crippen LogP contribution in [-0.4, -0.2) is 15.7 Å². The summed E-state index contributed by atoms with van der Waals surface area (Å²) in [6, 6.07) is 7.30. The first kappa shape index (κ1) is 16.5. The third kappa shape index (κ3) is 3.42. The van der Waals surface area contributed by atoms with E-state index in [1.165, 1.54) is 11.3 Å². The van der Waals surface area contributed by atoms with Gasteiger partial charge in [-0.25, -0.2) is 4.79 Å². The molecular formula is C16H14ClN3O3S. The minimum atomic E-state index is -0.680. The van der Waals surface area contributed by atoms with E-state index in [-0.39, 0.29) is 12.4 Å². The predicted molar refractivity (Wildman–Crippen MR) is 93.6 cm³/mol. The molecule has 0 atom stereocenters. The minimum absolute atomic E-state index is 0.201. The highest BCUT2D eigenvalue weighted by Crippen LogP contribution is 2.27. The van der Waals surface area contributed by atoms with Crippen LogP contribution in [0.25, 0.3) is 10.8 Å². The predicted octanol–water partition coefficient (Wildman–Crippen LogP) is 3.47.